The Hall–Kier alpha value is -1.62. The molecule has 120 valence electrons. The molecule has 0 saturated heterocycles. The van der Waals surface area contributed by atoms with Crippen molar-refractivity contribution in [1.29, 1.82) is 0 Å². The molecule has 0 fully saturated rings. The zero-order chi connectivity index (χ0) is 16.7. The molecule has 22 heavy (non-hydrogen) atoms. The van der Waals surface area contributed by atoms with E-state index in [2.05, 4.69) is 63.8 Å². The first-order valence-electron chi connectivity index (χ1n) is 7.76. The summed E-state index contributed by atoms with van der Waals surface area (Å²) in [5.41, 5.74) is 3.52. The monoisotopic (exact) mass is 318 g/mol. The molecule has 0 spiro atoms. The predicted octanol–water partition coefficient (Wildman–Crippen LogP) is 3.91. The summed E-state index contributed by atoms with van der Waals surface area (Å²) in [4.78, 5) is 18.0. The number of carbonyl (C=O) groups excluding carboxylic acids is 1. The van der Waals surface area contributed by atoms with Crippen LogP contribution in [-0.2, 0) is 15.0 Å². The highest BCUT2D eigenvalue weighted by atomic mass is 28.3. The van der Waals surface area contributed by atoms with Crippen molar-refractivity contribution in [3.05, 3.63) is 29.3 Å². The summed E-state index contributed by atoms with van der Waals surface area (Å²) < 4.78 is 1.94. The summed E-state index contributed by atoms with van der Waals surface area (Å²) in [5, 5.41) is 4.10. The van der Waals surface area contributed by atoms with Crippen LogP contribution >= 0.6 is 0 Å². The van der Waals surface area contributed by atoms with E-state index in [9.17, 15) is 4.79 Å². The minimum atomic E-state index is -1.84. The molecule has 2 rings (SSSR count). The summed E-state index contributed by atoms with van der Waals surface area (Å²) in [5.74, 6) is -0.0336. The van der Waals surface area contributed by atoms with Crippen molar-refractivity contribution in [2.75, 3.05) is 11.2 Å². The second kappa shape index (κ2) is 5.54. The van der Waals surface area contributed by atoms with Crippen LogP contribution in [0.3, 0.4) is 0 Å². The van der Waals surface area contributed by atoms with Gasteiger partial charge in [-0.15, -0.1) is 0 Å². The molecule has 0 saturated carbocycles. The Morgan fingerprint density at radius 1 is 1.23 bits per heavy atom. The normalized spacial score (nSPS) is 17.1. The highest BCUT2D eigenvalue weighted by Crippen LogP contribution is 2.36. The van der Waals surface area contributed by atoms with Crippen molar-refractivity contribution in [1.82, 2.24) is 0 Å². The molecule has 0 radical (unpaired) electrons. The largest absolute Gasteiger partial charge is 0.395 e. The molecule has 1 aliphatic heterocycles. The van der Waals surface area contributed by atoms with Crippen molar-refractivity contribution in [3.8, 4) is 0 Å². The molecule has 1 amide bonds. The van der Waals surface area contributed by atoms with Gasteiger partial charge in [0, 0.05) is 11.3 Å². The Balaban J connectivity index is 2.63. The number of benzene rings is 1. The fourth-order valence-electron chi connectivity index (χ4n) is 2.60. The zero-order valence-electron chi connectivity index (χ0n) is 14.7. The molecule has 0 N–H and O–H groups in total. The van der Waals surface area contributed by atoms with Gasteiger partial charge in [-0.25, -0.2) is 0 Å². The molecule has 0 bridgehead atoms. The van der Waals surface area contributed by atoms with E-state index < -0.39 is 8.24 Å². The maximum absolute atomic E-state index is 12.8. The van der Waals surface area contributed by atoms with Crippen LogP contribution in [0.4, 0.5) is 5.69 Å². The standard InChI is InChI=1S/C17H26N2O2Si/c1-8-21-18-15-13-11-12(17(2,3)4)9-10-14(13)19(16(15)20)22(5,6)7/h9-11H,8H2,1-7H3/b18-15-. The fourth-order valence-corrected chi connectivity index (χ4v) is 4.23. The Kier molecular flexibility index (Phi) is 4.21. The van der Waals surface area contributed by atoms with Crippen LogP contribution in [-0.4, -0.2) is 26.5 Å². The van der Waals surface area contributed by atoms with Gasteiger partial charge >= 0.3 is 0 Å². The lowest BCUT2D eigenvalue weighted by Crippen LogP contribution is -2.49. The van der Waals surface area contributed by atoms with Crippen molar-refractivity contribution in [3.63, 3.8) is 0 Å². The van der Waals surface area contributed by atoms with Gasteiger partial charge < -0.3 is 9.40 Å². The zero-order valence-corrected chi connectivity index (χ0v) is 15.7. The lowest BCUT2D eigenvalue weighted by molar-refractivity contribution is -0.111. The molecule has 0 unspecified atom stereocenters. The predicted molar refractivity (Wildman–Crippen MR) is 94.1 cm³/mol. The van der Waals surface area contributed by atoms with E-state index in [1.807, 2.05) is 11.5 Å². The average molecular weight is 318 g/mol. The van der Waals surface area contributed by atoms with E-state index in [0.717, 1.165) is 11.3 Å². The summed E-state index contributed by atoms with van der Waals surface area (Å²) in [6, 6.07) is 6.26. The van der Waals surface area contributed by atoms with Gasteiger partial charge in [0.25, 0.3) is 5.91 Å². The van der Waals surface area contributed by atoms with Crippen LogP contribution < -0.4 is 4.57 Å². The summed E-state index contributed by atoms with van der Waals surface area (Å²) >= 11 is 0. The fraction of sp³-hybridized carbons (Fsp3) is 0.529. The summed E-state index contributed by atoms with van der Waals surface area (Å²) in [6.07, 6.45) is 0. The number of nitrogens with zero attached hydrogens (tertiary/aromatic N) is 2. The summed E-state index contributed by atoms with van der Waals surface area (Å²) in [7, 11) is -1.84. The molecule has 5 heteroatoms. The number of fused-ring (bicyclic) bond motifs is 1. The van der Waals surface area contributed by atoms with Crippen LogP contribution in [0.1, 0.15) is 38.8 Å². The number of hydrogen-bond donors (Lipinski definition) is 0. The van der Waals surface area contributed by atoms with Crippen LogP contribution in [0.25, 0.3) is 0 Å². The molecule has 1 aliphatic rings. The van der Waals surface area contributed by atoms with Crippen LogP contribution in [0.15, 0.2) is 23.4 Å². The van der Waals surface area contributed by atoms with Crippen molar-refractivity contribution in [2.24, 2.45) is 5.16 Å². The number of amides is 1. The van der Waals surface area contributed by atoms with E-state index in [-0.39, 0.29) is 11.3 Å². The maximum Gasteiger partial charge on any atom is 0.273 e. The lowest BCUT2D eigenvalue weighted by atomic mass is 9.86. The van der Waals surface area contributed by atoms with E-state index in [1.54, 1.807) is 0 Å². The third kappa shape index (κ3) is 2.95. The maximum atomic E-state index is 12.8. The van der Waals surface area contributed by atoms with Gasteiger partial charge in [-0.2, -0.15) is 0 Å². The Morgan fingerprint density at radius 2 is 1.86 bits per heavy atom. The van der Waals surface area contributed by atoms with E-state index >= 15 is 0 Å². The Morgan fingerprint density at radius 3 is 2.36 bits per heavy atom. The molecule has 0 atom stereocenters. The van der Waals surface area contributed by atoms with Gasteiger partial charge in [-0.1, -0.05) is 51.6 Å². The molecular weight excluding hydrogens is 292 g/mol. The quantitative estimate of drug-likeness (QED) is 0.626. The minimum absolute atomic E-state index is 0.0291. The lowest BCUT2D eigenvalue weighted by Gasteiger charge is -2.30. The second-order valence-electron chi connectivity index (χ2n) is 7.65. The second-order valence-corrected chi connectivity index (χ2v) is 12.4. The van der Waals surface area contributed by atoms with E-state index in [0.29, 0.717) is 12.3 Å². The Bertz CT molecular complexity index is 625. The third-order valence-electron chi connectivity index (χ3n) is 3.72. The molecule has 4 nitrogen and oxygen atoms in total. The average Bonchev–Trinajstić information content (AvgIpc) is 2.66. The SMILES string of the molecule is CCO/N=C1\C(=O)N([Si](C)(C)C)c2ccc(C(C)(C)C)cc21. The number of hydrogen-bond acceptors (Lipinski definition) is 3. The van der Waals surface area contributed by atoms with Crippen molar-refractivity contribution >= 4 is 25.5 Å². The third-order valence-corrected chi connectivity index (χ3v) is 5.51. The van der Waals surface area contributed by atoms with Crippen molar-refractivity contribution < 1.29 is 9.63 Å². The van der Waals surface area contributed by atoms with Crippen LogP contribution in [0.5, 0.6) is 0 Å². The van der Waals surface area contributed by atoms with E-state index in [4.69, 9.17) is 4.84 Å². The number of anilines is 1. The summed E-state index contributed by atoms with van der Waals surface area (Å²) in [6.45, 7) is 15.3. The van der Waals surface area contributed by atoms with Crippen LogP contribution in [0, 0.1) is 0 Å². The highest BCUT2D eigenvalue weighted by molar-refractivity contribution is 6.87. The van der Waals surface area contributed by atoms with Gasteiger partial charge in [0.05, 0.1) is 0 Å². The van der Waals surface area contributed by atoms with Gasteiger partial charge in [-0.05, 0) is 30.0 Å². The van der Waals surface area contributed by atoms with Crippen LogP contribution in [0.2, 0.25) is 19.6 Å². The smallest absolute Gasteiger partial charge is 0.273 e. The van der Waals surface area contributed by atoms with E-state index in [1.165, 1.54) is 5.56 Å². The van der Waals surface area contributed by atoms with Gasteiger partial charge in [0.2, 0.25) is 0 Å². The number of carbonyl (C=O) groups is 1. The van der Waals surface area contributed by atoms with Gasteiger partial charge in [0.15, 0.2) is 13.9 Å². The van der Waals surface area contributed by atoms with Gasteiger partial charge in [0.1, 0.15) is 6.61 Å². The minimum Gasteiger partial charge on any atom is -0.395 e. The first-order valence-corrected chi connectivity index (χ1v) is 11.2. The number of rotatable bonds is 3. The van der Waals surface area contributed by atoms with Crippen molar-refractivity contribution in [2.45, 2.75) is 52.8 Å². The first-order chi connectivity index (χ1) is 10.1. The molecule has 0 aliphatic carbocycles. The molecular formula is C17H26N2O2Si. The topological polar surface area (TPSA) is 41.9 Å². The first kappa shape index (κ1) is 16.7. The molecule has 1 aromatic rings. The highest BCUT2D eigenvalue weighted by Gasteiger charge is 2.42. The molecule has 1 heterocycles. The number of oxime groups is 1. The van der Waals surface area contributed by atoms with Gasteiger partial charge in [-0.3, -0.25) is 4.79 Å². The molecule has 1 aromatic carbocycles. The Labute approximate surface area is 134 Å². The molecule has 0 aromatic heterocycles.